The van der Waals surface area contributed by atoms with Crippen molar-refractivity contribution in [2.24, 2.45) is 0 Å². The van der Waals surface area contributed by atoms with Crippen molar-refractivity contribution < 1.29 is 93.7 Å². The predicted molar refractivity (Wildman–Crippen MR) is 207 cm³/mol. The average molecular weight is 886 g/mol. The first-order valence-electron chi connectivity index (χ1n) is 19.3. The highest BCUT2D eigenvalue weighted by Gasteiger charge is 2.53. The summed E-state index contributed by atoms with van der Waals surface area (Å²) in [6, 6.07) is 0.554. The third-order valence-corrected chi connectivity index (χ3v) is 11.8. The fourth-order valence-corrected chi connectivity index (χ4v) is 8.59. The largest absolute Gasteiger partial charge is 0.507 e. The Hall–Kier alpha value is -5.86. The average Bonchev–Trinajstić information content (AvgIpc) is 3.22. The molecule has 7 rings (SSSR count). The molecule has 0 spiro atoms. The molecule has 2 heterocycles. The molecule has 1 amide bonds. The molecule has 4 aliphatic rings. The Morgan fingerprint density at radius 2 is 1.56 bits per heavy atom. The van der Waals surface area contributed by atoms with Crippen LogP contribution in [0.4, 0.5) is 5.69 Å². The summed E-state index contributed by atoms with van der Waals surface area (Å²) in [5, 5.41) is 118. The SMILES string of the molecule is CN[C@@H]1[C@H](O[C@@H]2OC[C@@H](O)[C@H](O)[C@H]2O)[C@@H](O)[C@H](O[C@H]2c3c(c(O)c(C(=O)N[C@H](C)C(=O)O)c(C)c3[N+](=O)[O-])-c3c(cc4c(c3O)C(=O)c3cc(OC)cc(O)c3C4=O)[C@@H]2O)O[C@@H]1C. The standard InChI is InChI=1S/C40H43N3O20/c1-10-19(37(54)42-11(2)38(55)56)31(50)23-21-15(8-16-22(32(21)51)28(47)14-6-13(59-5)7-17(44)20(14)27(16)46)29(48)35(24(23)26(10)43(57)58)62-40-34(53)36(25(41-4)12(3)61-40)63-39-33(52)30(49)18(45)9-60-39/h6-8,11-12,18,25,29-30,33-36,39-41,44-45,48-53H,9H2,1-5H3,(H,42,54)(H,55,56)/t11-,12-,18-,25+,29+,30+,33-,34-,35+,36+,39+,40+/m1/s1. The zero-order chi connectivity index (χ0) is 46.3. The van der Waals surface area contributed by atoms with Gasteiger partial charge in [-0.05, 0) is 45.5 Å². The molecule has 0 aromatic heterocycles. The molecule has 0 saturated carbocycles. The topological polar surface area (TPSA) is 364 Å². The minimum absolute atomic E-state index is 0.0574. The lowest BCUT2D eigenvalue weighted by Crippen LogP contribution is -2.65. The molecule has 63 heavy (non-hydrogen) atoms. The second-order valence-electron chi connectivity index (χ2n) is 15.5. The smallest absolute Gasteiger partial charge is 0.325 e. The van der Waals surface area contributed by atoms with Gasteiger partial charge in [0.1, 0.15) is 71.8 Å². The van der Waals surface area contributed by atoms with E-state index >= 15 is 0 Å². The molecule has 3 aromatic carbocycles. The van der Waals surface area contributed by atoms with Crippen molar-refractivity contribution in [3.8, 4) is 34.1 Å². The summed E-state index contributed by atoms with van der Waals surface area (Å²) in [4.78, 5) is 65.8. The Morgan fingerprint density at radius 3 is 2.17 bits per heavy atom. The Kier molecular flexibility index (Phi) is 12.0. The summed E-state index contributed by atoms with van der Waals surface area (Å²) in [5.41, 5.74) is -7.43. The van der Waals surface area contributed by atoms with Crippen LogP contribution in [0.5, 0.6) is 23.0 Å². The first kappa shape index (κ1) is 45.2. The Bertz CT molecular complexity index is 2440. The van der Waals surface area contributed by atoms with Crippen LogP contribution in [0.2, 0.25) is 0 Å². The van der Waals surface area contributed by atoms with Gasteiger partial charge in [-0.25, -0.2) is 0 Å². The number of aliphatic hydroxyl groups excluding tert-OH is 5. The number of methoxy groups -OCH3 is 1. The van der Waals surface area contributed by atoms with Gasteiger partial charge >= 0.3 is 5.97 Å². The fraction of sp³-hybridized carbons (Fsp3) is 0.450. The third kappa shape index (κ3) is 7.20. The number of amides is 1. The number of carbonyl (C=O) groups is 4. The molecule has 338 valence electrons. The van der Waals surface area contributed by atoms with E-state index in [1.54, 1.807) is 0 Å². The van der Waals surface area contributed by atoms with E-state index in [-0.39, 0.29) is 5.75 Å². The van der Waals surface area contributed by atoms with Gasteiger partial charge in [-0.2, -0.15) is 0 Å². The van der Waals surface area contributed by atoms with Gasteiger partial charge in [0.15, 0.2) is 24.1 Å². The number of benzene rings is 3. The summed E-state index contributed by atoms with van der Waals surface area (Å²) >= 11 is 0. The number of nitrogens with zero attached hydrogens (tertiary/aromatic N) is 1. The number of aliphatic hydroxyl groups is 5. The third-order valence-electron chi connectivity index (χ3n) is 11.8. The molecule has 0 radical (unpaired) electrons. The van der Waals surface area contributed by atoms with Crippen molar-refractivity contribution in [2.45, 2.75) is 94.3 Å². The highest BCUT2D eigenvalue weighted by molar-refractivity contribution is 6.31. The van der Waals surface area contributed by atoms with E-state index in [0.717, 1.165) is 32.0 Å². The molecule has 0 unspecified atom stereocenters. The molecule has 2 fully saturated rings. The quantitative estimate of drug-likeness (QED) is 0.0692. The highest BCUT2D eigenvalue weighted by atomic mass is 16.7. The minimum atomic E-state index is -2.21. The second kappa shape index (κ2) is 16.7. The first-order valence-corrected chi connectivity index (χ1v) is 19.3. The second-order valence-corrected chi connectivity index (χ2v) is 15.5. The maximum atomic E-state index is 14.2. The number of hydrogen-bond acceptors (Lipinski definition) is 20. The van der Waals surface area contributed by atoms with Crippen LogP contribution >= 0.6 is 0 Å². The number of ketones is 2. The number of carboxylic acid groups (broad SMARTS) is 1. The Labute approximate surface area is 355 Å². The number of nitro groups is 1. The number of rotatable bonds is 10. The lowest BCUT2D eigenvalue weighted by atomic mass is 9.73. The number of aliphatic carboxylic acids is 1. The zero-order valence-electron chi connectivity index (χ0n) is 33.8. The molecule has 0 bridgehead atoms. The summed E-state index contributed by atoms with van der Waals surface area (Å²) in [5.74, 6) is -7.93. The Morgan fingerprint density at radius 1 is 0.905 bits per heavy atom. The number of likely N-dealkylation sites (N-methyl/N-ethyl adjacent to an activating group) is 1. The van der Waals surface area contributed by atoms with Gasteiger partial charge in [0.25, 0.3) is 11.6 Å². The van der Waals surface area contributed by atoms with Crippen molar-refractivity contribution in [3.05, 3.63) is 72.8 Å². The van der Waals surface area contributed by atoms with Crippen LogP contribution in [0.15, 0.2) is 18.2 Å². The number of ether oxygens (including phenoxy) is 5. The van der Waals surface area contributed by atoms with Crippen molar-refractivity contribution in [1.29, 1.82) is 0 Å². The van der Waals surface area contributed by atoms with Crippen LogP contribution in [-0.2, 0) is 23.7 Å². The number of carboxylic acids is 1. The van der Waals surface area contributed by atoms with E-state index in [1.165, 1.54) is 21.1 Å². The van der Waals surface area contributed by atoms with Gasteiger partial charge in [0.05, 0.1) is 53.0 Å². The van der Waals surface area contributed by atoms with Gasteiger partial charge < -0.3 is 80.3 Å². The maximum absolute atomic E-state index is 14.2. The molecule has 11 N–H and O–H groups in total. The monoisotopic (exact) mass is 885 g/mol. The van der Waals surface area contributed by atoms with Crippen molar-refractivity contribution in [3.63, 3.8) is 0 Å². The van der Waals surface area contributed by atoms with Gasteiger partial charge in [0.2, 0.25) is 0 Å². The molecule has 3 aromatic rings. The number of nitro benzene ring substituents is 1. The minimum Gasteiger partial charge on any atom is -0.507 e. The molecule has 12 atom stereocenters. The maximum Gasteiger partial charge on any atom is 0.325 e. The van der Waals surface area contributed by atoms with E-state index in [2.05, 4.69) is 10.6 Å². The Balaban J connectivity index is 1.44. The van der Waals surface area contributed by atoms with Crippen LogP contribution in [0.3, 0.4) is 0 Å². The highest BCUT2D eigenvalue weighted by Crippen LogP contribution is 2.59. The van der Waals surface area contributed by atoms with Gasteiger partial charge in [-0.3, -0.25) is 29.3 Å². The summed E-state index contributed by atoms with van der Waals surface area (Å²) in [6.07, 6.45) is -17.3. The van der Waals surface area contributed by atoms with Crippen LogP contribution in [0.25, 0.3) is 11.1 Å². The van der Waals surface area contributed by atoms with Crippen LogP contribution in [-0.4, -0.2) is 156 Å². The van der Waals surface area contributed by atoms with Crippen molar-refractivity contribution in [1.82, 2.24) is 10.6 Å². The van der Waals surface area contributed by atoms with E-state index in [0.29, 0.717) is 0 Å². The van der Waals surface area contributed by atoms with Gasteiger partial charge in [0, 0.05) is 33.9 Å². The molecule has 23 heteroatoms. The van der Waals surface area contributed by atoms with Gasteiger partial charge in [-0.15, -0.1) is 0 Å². The normalized spacial score (nSPS) is 29.1. The van der Waals surface area contributed by atoms with E-state index in [1.807, 2.05) is 0 Å². The summed E-state index contributed by atoms with van der Waals surface area (Å²) in [6.45, 7) is 3.12. The molecular formula is C40H43N3O20. The molecule has 2 aliphatic carbocycles. The number of phenols is 3. The number of phenolic OH excluding ortho intramolecular Hbond substituents is 3. The lowest BCUT2D eigenvalue weighted by molar-refractivity contribution is -0.388. The fourth-order valence-electron chi connectivity index (χ4n) is 8.59. The molecule has 2 aliphatic heterocycles. The zero-order valence-corrected chi connectivity index (χ0v) is 33.8. The first-order chi connectivity index (χ1) is 29.7. The number of hydrogen-bond donors (Lipinski definition) is 11. The van der Waals surface area contributed by atoms with Crippen molar-refractivity contribution >= 4 is 29.1 Å². The predicted octanol–water partition coefficient (Wildman–Crippen LogP) is -0.703. The van der Waals surface area contributed by atoms with Crippen LogP contribution in [0.1, 0.15) is 84.9 Å². The van der Waals surface area contributed by atoms with Crippen LogP contribution < -0.4 is 15.4 Å². The van der Waals surface area contributed by atoms with Crippen LogP contribution in [0, 0.1) is 17.0 Å². The van der Waals surface area contributed by atoms with E-state index in [4.69, 9.17) is 23.7 Å². The lowest BCUT2D eigenvalue weighted by Gasteiger charge is -2.47. The summed E-state index contributed by atoms with van der Waals surface area (Å²) in [7, 11) is 2.69. The number of aromatic hydroxyl groups is 3. The number of carbonyl (C=O) groups excluding carboxylic acids is 3. The van der Waals surface area contributed by atoms with E-state index < -0.39 is 187 Å². The molecule has 23 nitrogen and oxygen atoms in total. The van der Waals surface area contributed by atoms with Crippen molar-refractivity contribution in [2.75, 3.05) is 20.8 Å². The van der Waals surface area contributed by atoms with E-state index in [9.17, 15) is 75.3 Å². The summed E-state index contributed by atoms with van der Waals surface area (Å²) < 4.78 is 28.6. The number of nitrogens with one attached hydrogen (secondary N) is 2. The van der Waals surface area contributed by atoms with Gasteiger partial charge in [-0.1, -0.05) is 0 Å². The molecule has 2 saturated heterocycles. The number of fused-ring (bicyclic) bond motifs is 5. The molecular weight excluding hydrogens is 842 g/mol.